The molecule has 3 fully saturated rings. The maximum atomic E-state index is 14.5. The fourth-order valence-electron chi connectivity index (χ4n) is 6.66. The molecule has 3 aliphatic rings. The second-order valence-electron chi connectivity index (χ2n) is 10.2. The lowest BCUT2D eigenvalue weighted by molar-refractivity contribution is -0.160. The molecule has 2 amide bonds. The van der Waals surface area contributed by atoms with Gasteiger partial charge in [0.2, 0.25) is 5.91 Å². The maximum absolute atomic E-state index is 14.5. The highest BCUT2D eigenvalue weighted by Gasteiger charge is 2.79. The average molecular weight is 499 g/mol. The minimum atomic E-state index is -1.12. The van der Waals surface area contributed by atoms with E-state index in [-0.39, 0.29) is 38.1 Å². The Morgan fingerprint density at radius 1 is 1.31 bits per heavy atom. The van der Waals surface area contributed by atoms with Crippen LogP contribution in [-0.2, 0) is 23.9 Å². The second-order valence-corrected chi connectivity index (χ2v) is 10.2. The number of anilines is 1. The topological polar surface area (TPSA) is 96.4 Å². The predicted octanol–water partition coefficient (Wildman–Crippen LogP) is 2.92. The van der Waals surface area contributed by atoms with Crippen molar-refractivity contribution >= 4 is 23.5 Å². The van der Waals surface area contributed by atoms with Gasteiger partial charge < -0.3 is 24.4 Å². The molecular weight excluding hydrogens is 460 g/mol. The Bertz CT molecular complexity index is 1060. The van der Waals surface area contributed by atoms with Crippen molar-refractivity contribution in [2.45, 2.75) is 70.6 Å². The molecule has 1 aromatic carbocycles. The Labute approximate surface area is 213 Å². The van der Waals surface area contributed by atoms with Crippen molar-refractivity contribution < 1.29 is 29.0 Å². The van der Waals surface area contributed by atoms with E-state index in [1.807, 2.05) is 39.0 Å². The van der Waals surface area contributed by atoms with Crippen LogP contribution in [0.4, 0.5) is 5.69 Å². The summed E-state index contributed by atoms with van der Waals surface area (Å²) in [5, 5.41) is 9.55. The molecule has 3 aliphatic heterocycles. The van der Waals surface area contributed by atoms with E-state index in [4.69, 9.17) is 9.47 Å². The van der Waals surface area contributed by atoms with E-state index in [9.17, 15) is 19.5 Å². The predicted molar refractivity (Wildman–Crippen MR) is 135 cm³/mol. The van der Waals surface area contributed by atoms with Crippen LogP contribution in [0.25, 0.3) is 0 Å². The van der Waals surface area contributed by atoms with Crippen LogP contribution in [0, 0.1) is 25.7 Å². The van der Waals surface area contributed by atoms with Gasteiger partial charge in [-0.25, -0.2) is 0 Å². The third-order valence-electron chi connectivity index (χ3n) is 8.25. The number of aliphatic hydroxyl groups is 1. The van der Waals surface area contributed by atoms with Crippen LogP contribution in [0.1, 0.15) is 50.7 Å². The van der Waals surface area contributed by atoms with Gasteiger partial charge in [-0.1, -0.05) is 25.1 Å². The van der Waals surface area contributed by atoms with Crippen molar-refractivity contribution in [1.82, 2.24) is 4.90 Å². The number of aliphatic hydroxyl groups excluding tert-OH is 1. The SMILES string of the molecule is C=CCN(C(=O)C1N(CCCO)C(=O)[C@@H]2[C@H](C(=O)OCC)[C@]3(CC)CCC12O3)c1cc(C)ccc1C. The highest BCUT2D eigenvalue weighted by molar-refractivity contribution is 6.05. The van der Waals surface area contributed by atoms with E-state index >= 15 is 0 Å². The van der Waals surface area contributed by atoms with Crippen molar-refractivity contribution in [3.8, 4) is 0 Å². The number of carbonyl (C=O) groups excluding carboxylic acids is 3. The van der Waals surface area contributed by atoms with Gasteiger partial charge in [0, 0.05) is 25.4 Å². The molecule has 36 heavy (non-hydrogen) atoms. The zero-order valence-electron chi connectivity index (χ0n) is 21.8. The summed E-state index contributed by atoms with van der Waals surface area (Å²) in [5.41, 5.74) is 0.764. The summed E-state index contributed by atoms with van der Waals surface area (Å²) in [6.45, 7) is 12.0. The number of esters is 1. The van der Waals surface area contributed by atoms with Crippen LogP contribution in [0.3, 0.4) is 0 Å². The monoisotopic (exact) mass is 498 g/mol. The summed E-state index contributed by atoms with van der Waals surface area (Å²) in [6.07, 6.45) is 3.64. The van der Waals surface area contributed by atoms with Crippen LogP contribution < -0.4 is 4.90 Å². The number of hydrogen-bond acceptors (Lipinski definition) is 6. The number of hydrogen-bond donors (Lipinski definition) is 1. The van der Waals surface area contributed by atoms with E-state index in [0.29, 0.717) is 25.7 Å². The Balaban J connectivity index is 1.83. The van der Waals surface area contributed by atoms with Gasteiger partial charge in [0.25, 0.3) is 5.91 Å². The Morgan fingerprint density at radius 2 is 2.06 bits per heavy atom. The van der Waals surface area contributed by atoms with Gasteiger partial charge in [-0.2, -0.15) is 0 Å². The fourth-order valence-corrected chi connectivity index (χ4v) is 6.66. The van der Waals surface area contributed by atoms with Gasteiger partial charge in [0.15, 0.2) is 0 Å². The number of amides is 2. The molecule has 8 nitrogen and oxygen atoms in total. The van der Waals surface area contributed by atoms with Gasteiger partial charge in [0.1, 0.15) is 17.6 Å². The van der Waals surface area contributed by atoms with Crippen LogP contribution in [0.2, 0.25) is 0 Å². The molecule has 0 aliphatic carbocycles. The molecule has 2 unspecified atom stereocenters. The molecule has 0 radical (unpaired) electrons. The van der Waals surface area contributed by atoms with Crippen molar-refractivity contribution in [2.75, 3.05) is 31.2 Å². The number of carbonyl (C=O) groups is 3. The van der Waals surface area contributed by atoms with Crippen LogP contribution in [0.15, 0.2) is 30.9 Å². The van der Waals surface area contributed by atoms with Gasteiger partial charge in [-0.15, -0.1) is 6.58 Å². The lowest BCUT2D eigenvalue weighted by atomic mass is 9.65. The molecule has 3 saturated heterocycles. The highest BCUT2D eigenvalue weighted by atomic mass is 16.6. The Hall–Kier alpha value is -2.71. The molecule has 4 rings (SSSR count). The minimum absolute atomic E-state index is 0.114. The molecule has 8 heteroatoms. The third-order valence-corrected chi connectivity index (χ3v) is 8.25. The molecule has 0 saturated carbocycles. The molecule has 0 aromatic heterocycles. The summed E-state index contributed by atoms with van der Waals surface area (Å²) >= 11 is 0. The largest absolute Gasteiger partial charge is 0.466 e. The number of benzene rings is 1. The van der Waals surface area contributed by atoms with Crippen LogP contribution in [-0.4, -0.2) is 71.3 Å². The first-order chi connectivity index (χ1) is 17.2. The zero-order valence-corrected chi connectivity index (χ0v) is 21.8. The Morgan fingerprint density at radius 3 is 2.69 bits per heavy atom. The number of fused-ring (bicyclic) bond motifs is 1. The van der Waals surface area contributed by atoms with Crippen LogP contribution in [0.5, 0.6) is 0 Å². The first kappa shape index (κ1) is 26.4. The molecule has 2 bridgehead atoms. The van der Waals surface area contributed by atoms with Gasteiger partial charge in [-0.3, -0.25) is 14.4 Å². The molecule has 1 N–H and O–H groups in total. The first-order valence-electron chi connectivity index (χ1n) is 13.0. The normalized spacial score (nSPS) is 30.4. The van der Waals surface area contributed by atoms with E-state index in [1.54, 1.807) is 22.8 Å². The van der Waals surface area contributed by atoms with E-state index in [1.165, 1.54) is 0 Å². The molecule has 3 heterocycles. The quantitative estimate of drug-likeness (QED) is 0.394. The Kier molecular flexibility index (Phi) is 7.30. The molecule has 1 spiro atoms. The van der Waals surface area contributed by atoms with E-state index in [0.717, 1.165) is 16.8 Å². The number of aryl methyl sites for hydroxylation is 2. The summed E-state index contributed by atoms with van der Waals surface area (Å²) in [5.74, 6) is -2.51. The molecular formula is C28H38N2O6. The molecule has 196 valence electrons. The summed E-state index contributed by atoms with van der Waals surface area (Å²) in [7, 11) is 0. The fraction of sp³-hybridized carbons (Fsp3) is 0.607. The lowest BCUT2D eigenvalue weighted by Gasteiger charge is -2.37. The van der Waals surface area contributed by atoms with Gasteiger partial charge >= 0.3 is 5.97 Å². The summed E-state index contributed by atoms with van der Waals surface area (Å²) in [6, 6.07) is 5.02. The second kappa shape index (κ2) is 9.98. The van der Waals surface area contributed by atoms with Gasteiger partial charge in [-0.05, 0) is 63.6 Å². The van der Waals surface area contributed by atoms with Crippen molar-refractivity contribution in [1.29, 1.82) is 0 Å². The highest BCUT2D eigenvalue weighted by Crippen LogP contribution is 2.64. The van der Waals surface area contributed by atoms with Crippen LogP contribution >= 0.6 is 0 Å². The molecule has 1 aromatic rings. The summed E-state index contributed by atoms with van der Waals surface area (Å²) in [4.78, 5) is 44.9. The summed E-state index contributed by atoms with van der Waals surface area (Å²) < 4.78 is 12.2. The number of likely N-dealkylation sites (tertiary alicyclic amines) is 1. The lowest BCUT2D eigenvalue weighted by Crippen LogP contribution is -2.56. The molecule has 5 atom stereocenters. The smallest absolute Gasteiger partial charge is 0.312 e. The average Bonchev–Trinajstić information content (AvgIpc) is 3.46. The number of ether oxygens (including phenoxy) is 2. The van der Waals surface area contributed by atoms with Crippen molar-refractivity contribution in [3.05, 3.63) is 42.0 Å². The number of nitrogens with zero attached hydrogens (tertiary/aromatic N) is 2. The minimum Gasteiger partial charge on any atom is -0.466 e. The number of rotatable bonds is 10. The standard InChI is InChI=1S/C28H38N2O6/c1-6-14-29(20-17-18(4)10-11-19(20)5)25(33)23-28-13-12-27(7-2,36-28)22(26(34)35-8-3)21(28)24(32)30(23)15-9-16-31/h6,10-11,17,21-23,31H,1,7-9,12-16H2,2-5H3/t21-,22+,23?,27-,28?/m0/s1. The zero-order chi connectivity index (χ0) is 26.3. The van der Waals surface area contributed by atoms with Crippen molar-refractivity contribution in [3.63, 3.8) is 0 Å². The van der Waals surface area contributed by atoms with E-state index in [2.05, 4.69) is 6.58 Å². The third kappa shape index (κ3) is 3.86. The van der Waals surface area contributed by atoms with E-state index < -0.39 is 35.0 Å². The van der Waals surface area contributed by atoms with Gasteiger partial charge in [0.05, 0.1) is 18.1 Å². The first-order valence-corrected chi connectivity index (χ1v) is 13.0. The maximum Gasteiger partial charge on any atom is 0.312 e. The van der Waals surface area contributed by atoms with Crippen molar-refractivity contribution in [2.24, 2.45) is 11.8 Å².